The lowest BCUT2D eigenvalue weighted by Crippen LogP contribution is -2.00. The predicted octanol–water partition coefficient (Wildman–Crippen LogP) is 6.34. The first kappa shape index (κ1) is 20.3. The van der Waals surface area contributed by atoms with Gasteiger partial charge in [-0.15, -0.1) is 0 Å². The molecule has 2 aromatic heterocycles. The van der Waals surface area contributed by atoms with Gasteiger partial charge in [-0.2, -0.15) is 0 Å². The van der Waals surface area contributed by atoms with Crippen molar-refractivity contribution in [2.45, 2.75) is 19.3 Å². The van der Waals surface area contributed by atoms with Gasteiger partial charge in [-0.1, -0.05) is 42.5 Å². The molecule has 3 aromatic carbocycles. The molecule has 0 aliphatic carbocycles. The van der Waals surface area contributed by atoms with E-state index < -0.39 is 0 Å². The van der Waals surface area contributed by atoms with Gasteiger partial charge in [0.2, 0.25) is 0 Å². The molecule has 5 rings (SSSR count). The van der Waals surface area contributed by atoms with Crippen LogP contribution in [0.2, 0.25) is 0 Å². The molecule has 0 atom stereocenters. The monoisotopic (exact) mass is 421 g/mol. The number of nitrogens with two attached hydrogens (primary N) is 1. The van der Waals surface area contributed by atoms with E-state index in [1.54, 1.807) is 7.11 Å². The van der Waals surface area contributed by atoms with E-state index >= 15 is 0 Å². The van der Waals surface area contributed by atoms with Crippen LogP contribution in [0, 0.1) is 0 Å². The third-order valence-electron chi connectivity index (χ3n) is 6.11. The second kappa shape index (κ2) is 8.85. The Kier molecular flexibility index (Phi) is 5.61. The lowest BCUT2D eigenvalue weighted by Gasteiger charge is -2.13. The number of methoxy groups -OCH3 is 1. The average Bonchev–Trinajstić information content (AvgIpc) is 3.21. The summed E-state index contributed by atoms with van der Waals surface area (Å²) in [5.41, 5.74) is 13.8. The van der Waals surface area contributed by atoms with Gasteiger partial charge in [0, 0.05) is 28.0 Å². The zero-order valence-corrected chi connectivity index (χ0v) is 18.3. The summed E-state index contributed by atoms with van der Waals surface area (Å²) in [4.78, 5) is 8.28. The lowest BCUT2D eigenvalue weighted by molar-refractivity contribution is 0.417. The van der Waals surface area contributed by atoms with E-state index in [1.807, 2.05) is 24.4 Å². The Morgan fingerprint density at radius 1 is 0.875 bits per heavy atom. The standard InChI is InChI=1S/C28H27N3O/c1-32-26-15-14-24-22(11-7-17-30-24)27(26)28-21(10-5-6-16-29)23-18-20(12-13-25(23)31-28)19-8-3-2-4-9-19/h2-4,7-9,11-15,17-18,31H,5-6,10,16,29H2,1H3. The highest BCUT2D eigenvalue weighted by molar-refractivity contribution is 6.02. The van der Waals surface area contributed by atoms with Gasteiger partial charge in [0.15, 0.2) is 0 Å². The Bertz CT molecular complexity index is 1370. The molecular formula is C28H27N3O. The Hall–Kier alpha value is -3.63. The molecular weight excluding hydrogens is 394 g/mol. The first-order valence-electron chi connectivity index (χ1n) is 11.1. The van der Waals surface area contributed by atoms with Crippen molar-refractivity contribution in [3.63, 3.8) is 0 Å². The Morgan fingerprint density at radius 3 is 2.56 bits per heavy atom. The van der Waals surface area contributed by atoms with Crippen LogP contribution >= 0.6 is 0 Å². The third kappa shape index (κ3) is 3.63. The maximum Gasteiger partial charge on any atom is 0.128 e. The summed E-state index contributed by atoms with van der Waals surface area (Å²) in [6.07, 6.45) is 4.82. The number of benzene rings is 3. The number of nitrogens with one attached hydrogen (secondary N) is 1. The fraction of sp³-hybridized carbons (Fsp3) is 0.179. The Balaban J connectivity index is 1.76. The Morgan fingerprint density at radius 2 is 1.75 bits per heavy atom. The van der Waals surface area contributed by atoms with Crippen LogP contribution in [0.1, 0.15) is 18.4 Å². The second-order valence-corrected chi connectivity index (χ2v) is 8.06. The van der Waals surface area contributed by atoms with Crippen LogP contribution < -0.4 is 10.5 Å². The molecule has 32 heavy (non-hydrogen) atoms. The normalized spacial score (nSPS) is 11.3. The van der Waals surface area contributed by atoms with E-state index in [0.29, 0.717) is 6.54 Å². The summed E-state index contributed by atoms with van der Waals surface area (Å²) < 4.78 is 5.81. The molecule has 4 heteroatoms. The molecule has 0 aliphatic heterocycles. The molecule has 0 saturated heterocycles. The van der Waals surface area contributed by atoms with Crippen LogP contribution in [0.4, 0.5) is 0 Å². The predicted molar refractivity (Wildman–Crippen MR) is 133 cm³/mol. The number of aromatic nitrogens is 2. The van der Waals surface area contributed by atoms with Crippen molar-refractivity contribution in [3.8, 4) is 28.1 Å². The van der Waals surface area contributed by atoms with Gasteiger partial charge in [-0.05, 0) is 72.8 Å². The molecule has 0 aliphatic rings. The van der Waals surface area contributed by atoms with E-state index in [2.05, 4.69) is 64.6 Å². The van der Waals surface area contributed by atoms with Crippen LogP contribution in [-0.4, -0.2) is 23.6 Å². The van der Waals surface area contributed by atoms with E-state index in [-0.39, 0.29) is 0 Å². The summed E-state index contributed by atoms with van der Waals surface area (Å²) >= 11 is 0. The van der Waals surface area contributed by atoms with Crippen molar-refractivity contribution < 1.29 is 4.74 Å². The maximum atomic E-state index is 5.81. The quantitative estimate of drug-likeness (QED) is 0.301. The van der Waals surface area contributed by atoms with E-state index in [0.717, 1.165) is 52.7 Å². The highest BCUT2D eigenvalue weighted by Gasteiger charge is 2.19. The molecule has 0 bridgehead atoms. The van der Waals surface area contributed by atoms with E-state index in [9.17, 15) is 0 Å². The number of rotatable bonds is 7. The SMILES string of the molecule is COc1ccc2ncccc2c1-c1[nH]c2ccc(-c3ccccc3)cc2c1CCCCN. The first-order valence-corrected chi connectivity index (χ1v) is 11.1. The highest BCUT2D eigenvalue weighted by Crippen LogP contribution is 2.41. The van der Waals surface area contributed by atoms with Gasteiger partial charge in [0.05, 0.1) is 18.3 Å². The minimum atomic E-state index is 0.703. The average molecular weight is 422 g/mol. The fourth-order valence-corrected chi connectivity index (χ4v) is 4.54. The number of ether oxygens (including phenoxy) is 1. The molecule has 0 amide bonds. The van der Waals surface area contributed by atoms with Gasteiger partial charge in [0.1, 0.15) is 5.75 Å². The van der Waals surface area contributed by atoms with Gasteiger partial charge in [-0.25, -0.2) is 0 Å². The van der Waals surface area contributed by atoms with Gasteiger partial charge in [-0.3, -0.25) is 4.98 Å². The zero-order chi connectivity index (χ0) is 21.9. The highest BCUT2D eigenvalue weighted by atomic mass is 16.5. The minimum absolute atomic E-state index is 0.703. The fourth-order valence-electron chi connectivity index (χ4n) is 4.54. The lowest BCUT2D eigenvalue weighted by atomic mass is 9.95. The van der Waals surface area contributed by atoms with Gasteiger partial charge < -0.3 is 15.5 Å². The van der Waals surface area contributed by atoms with Crippen molar-refractivity contribution in [2.24, 2.45) is 5.73 Å². The number of fused-ring (bicyclic) bond motifs is 2. The summed E-state index contributed by atoms with van der Waals surface area (Å²) in [6, 6.07) is 25.3. The van der Waals surface area contributed by atoms with Gasteiger partial charge >= 0.3 is 0 Å². The van der Waals surface area contributed by atoms with E-state index in [4.69, 9.17) is 10.5 Å². The molecule has 160 valence electrons. The zero-order valence-electron chi connectivity index (χ0n) is 18.3. The molecule has 0 fully saturated rings. The van der Waals surface area contributed by atoms with E-state index in [1.165, 1.54) is 22.1 Å². The van der Waals surface area contributed by atoms with Crippen LogP contribution in [0.3, 0.4) is 0 Å². The molecule has 4 nitrogen and oxygen atoms in total. The Labute approximate surface area is 188 Å². The topological polar surface area (TPSA) is 63.9 Å². The largest absolute Gasteiger partial charge is 0.496 e. The van der Waals surface area contributed by atoms with Crippen molar-refractivity contribution >= 4 is 21.8 Å². The number of H-pyrrole nitrogens is 1. The first-order chi connectivity index (χ1) is 15.8. The molecule has 0 saturated carbocycles. The van der Waals surface area contributed by atoms with Crippen LogP contribution in [0.25, 0.3) is 44.2 Å². The number of aromatic amines is 1. The third-order valence-corrected chi connectivity index (χ3v) is 6.11. The molecule has 5 aromatic rings. The molecule has 2 heterocycles. The molecule has 3 N–H and O–H groups in total. The van der Waals surface area contributed by atoms with Crippen molar-refractivity contribution in [1.29, 1.82) is 0 Å². The number of hydrogen-bond acceptors (Lipinski definition) is 3. The van der Waals surface area contributed by atoms with Crippen molar-refractivity contribution in [3.05, 3.63) is 84.6 Å². The number of nitrogens with zero attached hydrogens (tertiary/aromatic N) is 1. The van der Waals surface area contributed by atoms with Crippen molar-refractivity contribution in [2.75, 3.05) is 13.7 Å². The molecule has 0 radical (unpaired) electrons. The molecule has 0 unspecified atom stereocenters. The van der Waals surface area contributed by atoms with Crippen LogP contribution in [0.15, 0.2) is 79.0 Å². The number of pyridine rings is 1. The summed E-state index contributed by atoms with van der Waals surface area (Å²) in [6.45, 7) is 0.703. The summed E-state index contributed by atoms with van der Waals surface area (Å²) in [5, 5.41) is 2.34. The minimum Gasteiger partial charge on any atom is -0.496 e. The van der Waals surface area contributed by atoms with Crippen LogP contribution in [-0.2, 0) is 6.42 Å². The van der Waals surface area contributed by atoms with Gasteiger partial charge in [0.25, 0.3) is 0 Å². The number of aryl methyl sites for hydroxylation is 1. The van der Waals surface area contributed by atoms with Crippen LogP contribution in [0.5, 0.6) is 5.75 Å². The smallest absolute Gasteiger partial charge is 0.128 e. The van der Waals surface area contributed by atoms with Crippen molar-refractivity contribution in [1.82, 2.24) is 9.97 Å². The number of unbranched alkanes of at least 4 members (excludes halogenated alkanes) is 1. The molecule has 0 spiro atoms. The second-order valence-electron chi connectivity index (χ2n) is 8.06. The number of hydrogen-bond donors (Lipinski definition) is 2. The maximum absolute atomic E-state index is 5.81. The summed E-state index contributed by atoms with van der Waals surface area (Å²) in [7, 11) is 1.73. The summed E-state index contributed by atoms with van der Waals surface area (Å²) in [5.74, 6) is 0.848.